The zero-order valence-corrected chi connectivity index (χ0v) is 12.7. The van der Waals surface area contributed by atoms with E-state index in [9.17, 15) is 14.7 Å². The van der Waals surface area contributed by atoms with E-state index in [1.807, 2.05) is 0 Å². The van der Waals surface area contributed by atoms with Crippen molar-refractivity contribution in [3.8, 4) is 0 Å². The molecule has 0 aliphatic carbocycles. The number of aryl methyl sites for hydroxylation is 1. The van der Waals surface area contributed by atoms with Crippen LogP contribution in [0.5, 0.6) is 0 Å². The Kier molecular flexibility index (Phi) is 4.95. The number of carbonyl (C=O) groups excluding carboxylic acids is 1. The van der Waals surface area contributed by atoms with Crippen LogP contribution in [-0.2, 0) is 9.53 Å². The van der Waals surface area contributed by atoms with E-state index in [0.717, 1.165) is 11.8 Å². The van der Waals surface area contributed by atoms with Gasteiger partial charge in [-0.25, -0.2) is 14.6 Å². The van der Waals surface area contributed by atoms with Gasteiger partial charge in [-0.1, -0.05) is 12.1 Å². The fourth-order valence-corrected chi connectivity index (χ4v) is 2.34. The third kappa shape index (κ3) is 3.95. The van der Waals surface area contributed by atoms with Crippen molar-refractivity contribution in [2.45, 2.75) is 12.1 Å². The van der Waals surface area contributed by atoms with Gasteiger partial charge in [0, 0.05) is 0 Å². The van der Waals surface area contributed by atoms with Crippen LogP contribution in [-0.4, -0.2) is 39.3 Å². The monoisotopic (exact) mass is 319 g/mol. The van der Waals surface area contributed by atoms with Crippen molar-refractivity contribution in [3.63, 3.8) is 0 Å². The maximum absolute atomic E-state index is 11.3. The predicted molar refractivity (Wildman–Crippen MR) is 80.4 cm³/mol. The van der Waals surface area contributed by atoms with Crippen molar-refractivity contribution in [1.82, 2.24) is 15.2 Å². The number of rotatable bonds is 5. The minimum atomic E-state index is -1.08. The molecule has 1 aromatic heterocycles. The minimum Gasteiger partial charge on any atom is -0.477 e. The largest absolute Gasteiger partial charge is 0.477 e. The quantitative estimate of drug-likeness (QED) is 0.494. The Bertz CT molecular complexity index is 722. The average Bonchev–Trinajstić information content (AvgIpc) is 2.91. The Morgan fingerprint density at radius 3 is 2.50 bits per heavy atom. The molecule has 0 aliphatic rings. The molecule has 2 rings (SSSR count). The predicted octanol–water partition coefficient (Wildman–Crippen LogP) is 2.12. The van der Waals surface area contributed by atoms with E-state index >= 15 is 0 Å². The molecule has 0 unspecified atom stereocenters. The fourth-order valence-electron chi connectivity index (χ4n) is 1.59. The maximum Gasteiger partial charge on any atom is 0.342 e. The van der Waals surface area contributed by atoms with Gasteiger partial charge in [0.05, 0.1) is 12.7 Å². The Labute approximate surface area is 130 Å². The number of carboxylic acid groups (broad SMARTS) is 1. The molecule has 7 nitrogen and oxygen atoms in total. The molecular weight excluding hydrogens is 306 g/mol. The SMILES string of the molecule is COC(=O)c1ccc(C=C(Sc2n[nH]c(C)n2)C(=O)O)cc1. The second-order valence-corrected chi connectivity index (χ2v) is 5.24. The first-order valence-corrected chi connectivity index (χ1v) is 7.01. The molecule has 0 spiro atoms. The van der Waals surface area contributed by atoms with Crippen molar-refractivity contribution in [2.75, 3.05) is 7.11 Å². The molecule has 2 aromatic rings. The molecule has 0 fully saturated rings. The molecule has 0 atom stereocenters. The molecule has 0 aliphatic heterocycles. The van der Waals surface area contributed by atoms with Gasteiger partial charge >= 0.3 is 11.9 Å². The number of aromatic nitrogens is 3. The first kappa shape index (κ1) is 15.8. The normalized spacial score (nSPS) is 11.3. The topological polar surface area (TPSA) is 105 Å². The van der Waals surface area contributed by atoms with Crippen LogP contribution >= 0.6 is 11.8 Å². The summed E-state index contributed by atoms with van der Waals surface area (Å²) in [5.74, 6) is -0.918. The molecule has 0 radical (unpaired) electrons. The summed E-state index contributed by atoms with van der Waals surface area (Å²) in [5.41, 5.74) is 1.04. The fraction of sp³-hybridized carbons (Fsp3) is 0.143. The lowest BCUT2D eigenvalue weighted by Crippen LogP contribution is -2.00. The van der Waals surface area contributed by atoms with E-state index in [1.54, 1.807) is 31.2 Å². The summed E-state index contributed by atoms with van der Waals surface area (Å²) in [6, 6.07) is 6.41. The summed E-state index contributed by atoms with van der Waals surface area (Å²) in [6.45, 7) is 1.73. The van der Waals surface area contributed by atoms with Crippen LogP contribution in [0.2, 0.25) is 0 Å². The van der Waals surface area contributed by atoms with Gasteiger partial charge in [0.2, 0.25) is 5.16 Å². The van der Waals surface area contributed by atoms with Crippen LogP contribution in [0, 0.1) is 6.92 Å². The summed E-state index contributed by atoms with van der Waals surface area (Å²) in [7, 11) is 1.30. The zero-order valence-electron chi connectivity index (χ0n) is 11.9. The highest BCUT2D eigenvalue weighted by Crippen LogP contribution is 2.25. The first-order chi connectivity index (χ1) is 10.5. The van der Waals surface area contributed by atoms with Gasteiger partial charge in [-0.05, 0) is 42.5 Å². The van der Waals surface area contributed by atoms with E-state index in [4.69, 9.17) is 0 Å². The molecule has 22 heavy (non-hydrogen) atoms. The highest BCUT2D eigenvalue weighted by Gasteiger charge is 2.13. The zero-order chi connectivity index (χ0) is 16.1. The van der Waals surface area contributed by atoms with Crippen LogP contribution in [0.3, 0.4) is 0 Å². The number of carboxylic acids is 1. The van der Waals surface area contributed by atoms with Crippen LogP contribution in [0.15, 0.2) is 34.3 Å². The second-order valence-electron chi connectivity index (χ2n) is 4.23. The molecule has 1 heterocycles. The van der Waals surface area contributed by atoms with Crippen LogP contribution in [0.1, 0.15) is 21.7 Å². The molecule has 1 aromatic carbocycles. The standard InChI is InChI=1S/C14H13N3O4S/c1-8-15-14(17-16-8)22-11(12(18)19)7-9-3-5-10(6-4-9)13(20)21-2/h3-7H,1-2H3,(H,18,19)(H,15,16,17). The number of nitrogens with zero attached hydrogens (tertiary/aromatic N) is 2. The van der Waals surface area contributed by atoms with Crippen LogP contribution < -0.4 is 0 Å². The number of nitrogens with one attached hydrogen (secondary N) is 1. The van der Waals surface area contributed by atoms with Crippen molar-refractivity contribution < 1.29 is 19.4 Å². The van der Waals surface area contributed by atoms with E-state index in [0.29, 0.717) is 22.1 Å². The average molecular weight is 319 g/mol. The van der Waals surface area contributed by atoms with Gasteiger partial charge in [0.1, 0.15) is 10.7 Å². The van der Waals surface area contributed by atoms with Crippen molar-refractivity contribution in [2.24, 2.45) is 0 Å². The van der Waals surface area contributed by atoms with Crippen molar-refractivity contribution in [3.05, 3.63) is 46.1 Å². The highest BCUT2D eigenvalue weighted by atomic mass is 32.2. The molecule has 8 heteroatoms. The lowest BCUT2D eigenvalue weighted by Gasteiger charge is -2.01. The Morgan fingerprint density at radius 1 is 1.32 bits per heavy atom. The third-order valence-corrected chi connectivity index (χ3v) is 3.50. The molecular formula is C14H13N3O4S. The molecule has 0 amide bonds. The number of hydrogen-bond acceptors (Lipinski definition) is 6. The summed E-state index contributed by atoms with van der Waals surface area (Å²) >= 11 is 0.944. The number of aromatic amines is 1. The van der Waals surface area contributed by atoms with Gasteiger partial charge in [-0.15, -0.1) is 5.10 Å². The maximum atomic E-state index is 11.3. The van der Waals surface area contributed by atoms with Crippen molar-refractivity contribution >= 4 is 29.8 Å². The second kappa shape index (κ2) is 6.90. The number of hydrogen-bond donors (Lipinski definition) is 2. The molecule has 0 saturated heterocycles. The number of esters is 1. The number of methoxy groups -OCH3 is 1. The van der Waals surface area contributed by atoms with E-state index in [2.05, 4.69) is 19.9 Å². The summed E-state index contributed by atoms with van der Waals surface area (Å²) < 4.78 is 4.60. The van der Waals surface area contributed by atoms with Crippen molar-refractivity contribution in [1.29, 1.82) is 0 Å². The molecule has 114 valence electrons. The van der Waals surface area contributed by atoms with E-state index in [1.165, 1.54) is 13.2 Å². The van der Waals surface area contributed by atoms with Crippen LogP contribution in [0.25, 0.3) is 6.08 Å². The number of H-pyrrole nitrogens is 1. The smallest absolute Gasteiger partial charge is 0.342 e. The lowest BCUT2D eigenvalue weighted by atomic mass is 10.1. The minimum absolute atomic E-state index is 0.0739. The number of carbonyl (C=O) groups is 2. The van der Waals surface area contributed by atoms with Gasteiger partial charge in [-0.3, -0.25) is 5.10 Å². The van der Waals surface area contributed by atoms with Gasteiger partial charge in [0.25, 0.3) is 0 Å². The lowest BCUT2D eigenvalue weighted by molar-refractivity contribution is -0.131. The Balaban J connectivity index is 2.22. The van der Waals surface area contributed by atoms with Gasteiger partial charge < -0.3 is 9.84 Å². The van der Waals surface area contributed by atoms with E-state index < -0.39 is 11.9 Å². The summed E-state index contributed by atoms with van der Waals surface area (Å²) in [4.78, 5) is 26.8. The van der Waals surface area contributed by atoms with Crippen LogP contribution in [0.4, 0.5) is 0 Å². The van der Waals surface area contributed by atoms with Gasteiger partial charge in [0.15, 0.2) is 0 Å². The summed E-state index contributed by atoms with van der Waals surface area (Å²) in [6.07, 6.45) is 1.49. The number of aliphatic carboxylic acids is 1. The number of thioether (sulfide) groups is 1. The molecule has 0 saturated carbocycles. The van der Waals surface area contributed by atoms with Gasteiger partial charge in [-0.2, -0.15) is 0 Å². The molecule has 2 N–H and O–H groups in total. The highest BCUT2D eigenvalue weighted by molar-refractivity contribution is 8.04. The number of benzene rings is 1. The Morgan fingerprint density at radius 2 is 2.00 bits per heavy atom. The van der Waals surface area contributed by atoms with E-state index in [-0.39, 0.29) is 4.91 Å². The first-order valence-electron chi connectivity index (χ1n) is 6.20. The third-order valence-electron chi connectivity index (χ3n) is 2.62. The Hall–Kier alpha value is -2.61. The number of ether oxygens (including phenoxy) is 1. The molecule has 0 bridgehead atoms. The summed E-state index contributed by atoms with van der Waals surface area (Å²) in [5, 5.41) is 16.1.